The lowest BCUT2D eigenvalue weighted by Crippen LogP contribution is -2.33. The van der Waals surface area contributed by atoms with Crippen LogP contribution in [0.2, 0.25) is 0 Å². The SMILES string of the molecule is C=C/C(=C\C=NCCSSCC[n+]1ccc(CC)cc1)CC. The van der Waals surface area contributed by atoms with Gasteiger partial charge in [0, 0.05) is 30.6 Å². The Bertz CT molecular complexity index is 478. The van der Waals surface area contributed by atoms with E-state index in [0.717, 1.165) is 37.4 Å². The fraction of sp³-hybridized carbons (Fsp3) is 0.444. The standard InChI is InChI=1S/C18H27N2S2/c1-4-17(5-2)7-10-19-11-15-21-22-16-14-20-12-8-18(6-3)9-13-20/h4,7-10,12-13H,1,5-6,11,14-16H2,2-3H3/q+1/b17-7+,19-10?. The second-order valence-electron chi connectivity index (χ2n) is 4.80. The fourth-order valence-electron chi connectivity index (χ4n) is 1.78. The minimum atomic E-state index is 0.876. The maximum atomic E-state index is 4.39. The van der Waals surface area contributed by atoms with Crippen LogP contribution >= 0.6 is 21.6 Å². The molecule has 0 atom stereocenters. The van der Waals surface area contributed by atoms with Gasteiger partial charge in [-0.3, -0.25) is 4.99 Å². The lowest BCUT2D eigenvalue weighted by molar-refractivity contribution is -0.692. The van der Waals surface area contributed by atoms with Gasteiger partial charge in [0.25, 0.3) is 0 Å². The van der Waals surface area contributed by atoms with Crippen LogP contribution in [0.1, 0.15) is 25.8 Å². The molecule has 1 aromatic heterocycles. The molecule has 0 fully saturated rings. The van der Waals surface area contributed by atoms with Crippen molar-refractivity contribution < 1.29 is 4.57 Å². The van der Waals surface area contributed by atoms with Crippen molar-refractivity contribution in [2.45, 2.75) is 33.2 Å². The smallest absolute Gasteiger partial charge is 0.169 e. The first kappa shape index (κ1) is 19.0. The van der Waals surface area contributed by atoms with Gasteiger partial charge in [-0.15, -0.1) is 0 Å². The third kappa shape index (κ3) is 8.44. The van der Waals surface area contributed by atoms with Crippen molar-refractivity contribution in [2.24, 2.45) is 4.99 Å². The first-order valence-corrected chi connectivity index (χ1v) is 10.3. The Hall–Kier alpha value is -1.00. The zero-order valence-corrected chi connectivity index (χ0v) is 15.3. The highest BCUT2D eigenvalue weighted by Gasteiger charge is 2.00. The number of allylic oxidation sites excluding steroid dienone is 3. The van der Waals surface area contributed by atoms with Crippen molar-refractivity contribution in [3.8, 4) is 0 Å². The Balaban J connectivity index is 2.07. The molecule has 0 aromatic carbocycles. The number of hydrogen-bond donors (Lipinski definition) is 0. The van der Waals surface area contributed by atoms with Gasteiger partial charge in [0.2, 0.25) is 0 Å². The van der Waals surface area contributed by atoms with E-state index in [2.05, 4.69) is 54.5 Å². The van der Waals surface area contributed by atoms with Gasteiger partial charge in [0.05, 0.1) is 5.75 Å². The summed E-state index contributed by atoms with van der Waals surface area (Å²) in [6.07, 6.45) is 12.3. The Morgan fingerprint density at radius 3 is 2.59 bits per heavy atom. The number of aromatic nitrogens is 1. The highest BCUT2D eigenvalue weighted by atomic mass is 33.1. The summed E-state index contributed by atoms with van der Waals surface area (Å²) in [6.45, 7) is 10.0. The first-order valence-electron chi connectivity index (χ1n) is 7.84. The van der Waals surface area contributed by atoms with Crippen LogP contribution in [-0.2, 0) is 13.0 Å². The third-order valence-electron chi connectivity index (χ3n) is 3.25. The van der Waals surface area contributed by atoms with Crippen LogP contribution in [0.25, 0.3) is 0 Å². The number of rotatable bonds is 11. The summed E-state index contributed by atoms with van der Waals surface area (Å²) in [7, 11) is 3.82. The lowest BCUT2D eigenvalue weighted by Gasteiger charge is -1.99. The summed E-state index contributed by atoms with van der Waals surface area (Å²) >= 11 is 0. The van der Waals surface area contributed by atoms with E-state index in [1.54, 1.807) is 0 Å². The predicted molar refractivity (Wildman–Crippen MR) is 103 cm³/mol. The topological polar surface area (TPSA) is 16.2 Å². The van der Waals surface area contributed by atoms with Crippen molar-refractivity contribution in [3.05, 3.63) is 54.4 Å². The van der Waals surface area contributed by atoms with Crippen LogP contribution in [0.3, 0.4) is 0 Å². The summed E-state index contributed by atoms with van der Waals surface area (Å²) < 4.78 is 2.25. The average molecular weight is 336 g/mol. The summed E-state index contributed by atoms with van der Waals surface area (Å²) in [4.78, 5) is 4.39. The molecule has 120 valence electrons. The van der Waals surface area contributed by atoms with Gasteiger partial charge >= 0.3 is 0 Å². The minimum absolute atomic E-state index is 0.876. The predicted octanol–water partition coefficient (Wildman–Crippen LogP) is 4.51. The molecule has 0 aliphatic rings. The zero-order valence-electron chi connectivity index (χ0n) is 13.7. The number of pyridine rings is 1. The van der Waals surface area contributed by atoms with Gasteiger partial charge in [-0.25, -0.2) is 4.57 Å². The Morgan fingerprint density at radius 1 is 1.23 bits per heavy atom. The molecule has 0 radical (unpaired) electrons. The van der Waals surface area contributed by atoms with Crippen LogP contribution in [0.15, 0.2) is 53.8 Å². The molecular weight excluding hydrogens is 308 g/mol. The van der Waals surface area contributed by atoms with Crippen molar-refractivity contribution in [1.29, 1.82) is 0 Å². The van der Waals surface area contributed by atoms with E-state index in [1.807, 2.05) is 40.0 Å². The first-order chi connectivity index (χ1) is 10.8. The number of hydrogen-bond acceptors (Lipinski definition) is 3. The lowest BCUT2D eigenvalue weighted by atomic mass is 10.2. The van der Waals surface area contributed by atoms with E-state index in [4.69, 9.17) is 0 Å². The van der Waals surface area contributed by atoms with Crippen LogP contribution in [0, 0.1) is 0 Å². The van der Waals surface area contributed by atoms with Gasteiger partial charge < -0.3 is 0 Å². The second-order valence-corrected chi connectivity index (χ2v) is 7.50. The van der Waals surface area contributed by atoms with Gasteiger partial charge in [-0.2, -0.15) is 0 Å². The molecular formula is C18H27N2S2+. The Labute approximate surface area is 143 Å². The molecule has 0 aliphatic carbocycles. The van der Waals surface area contributed by atoms with Gasteiger partial charge in [-0.05, 0) is 30.1 Å². The summed E-state index contributed by atoms with van der Waals surface area (Å²) in [5.41, 5.74) is 2.63. The van der Waals surface area contributed by atoms with Crippen molar-refractivity contribution in [1.82, 2.24) is 0 Å². The molecule has 0 saturated carbocycles. The van der Waals surface area contributed by atoms with Crippen LogP contribution in [0.5, 0.6) is 0 Å². The molecule has 1 rings (SSSR count). The normalized spacial score (nSPS) is 12.0. The average Bonchev–Trinajstić information content (AvgIpc) is 2.57. The maximum absolute atomic E-state index is 4.39. The number of aliphatic imine (C=N–C) groups is 1. The fourth-order valence-corrected chi connectivity index (χ4v) is 3.63. The van der Waals surface area contributed by atoms with E-state index in [-0.39, 0.29) is 0 Å². The monoisotopic (exact) mass is 335 g/mol. The quantitative estimate of drug-likeness (QED) is 0.194. The molecule has 1 aromatic rings. The molecule has 4 heteroatoms. The molecule has 0 bridgehead atoms. The third-order valence-corrected chi connectivity index (χ3v) is 5.62. The van der Waals surface area contributed by atoms with Crippen LogP contribution in [-0.4, -0.2) is 24.3 Å². The largest absolute Gasteiger partial charge is 0.292 e. The second kappa shape index (κ2) is 12.5. The molecule has 0 saturated heterocycles. The van der Waals surface area contributed by atoms with Gasteiger partial charge in [0.1, 0.15) is 0 Å². The molecule has 22 heavy (non-hydrogen) atoms. The highest BCUT2D eigenvalue weighted by molar-refractivity contribution is 8.76. The highest BCUT2D eigenvalue weighted by Crippen LogP contribution is 2.20. The summed E-state index contributed by atoms with van der Waals surface area (Å²) in [6, 6.07) is 4.40. The van der Waals surface area contributed by atoms with Crippen molar-refractivity contribution in [2.75, 3.05) is 18.1 Å². The van der Waals surface area contributed by atoms with Crippen LogP contribution < -0.4 is 4.57 Å². The van der Waals surface area contributed by atoms with E-state index < -0.39 is 0 Å². The summed E-state index contributed by atoms with van der Waals surface area (Å²) in [5.74, 6) is 2.19. The van der Waals surface area contributed by atoms with E-state index in [9.17, 15) is 0 Å². The molecule has 1 heterocycles. The van der Waals surface area contributed by atoms with Gasteiger partial charge in [-0.1, -0.05) is 48.1 Å². The number of nitrogens with zero attached hydrogens (tertiary/aromatic N) is 2. The van der Waals surface area contributed by atoms with Crippen molar-refractivity contribution >= 4 is 27.8 Å². The Morgan fingerprint density at radius 2 is 1.95 bits per heavy atom. The molecule has 0 unspecified atom stereocenters. The van der Waals surface area contributed by atoms with Crippen molar-refractivity contribution in [3.63, 3.8) is 0 Å². The van der Waals surface area contributed by atoms with E-state index >= 15 is 0 Å². The molecule has 0 aliphatic heterocycles. The van der Waals surface area contributed by atoms with Gasteiger partial charge in [0.15, 0.2) is 18.9 Å². The van der Waals surface area contributed by atoms with Crippen LogP contribution in [0.4, 0.5) is 0 Å². The number of aryl methyl sites for hydroxylation is 2. The molecule has 2 nitrogen and oxygen atoms in total. The molecule has 0 N–H and O–H groups in total. The maximum Gasteiger partial charge on any atom is 0.169 e. The van der Waals surface area contributed by atoms with E-state index in [1.165, 1.54) is 11.1 Å². The molecule has 0 spiro atoms. The minimum Gasteiger partial charge on any atom is -0.292 e. The molecule has 0 amide bonds. The van der Waals surface area contributed by atoms with E-state index in [0.29, 0.717) is 0 Å². The zero-order chi connectivity index (χ0) is 16.0. The summed E-state index contributed by atoms with van der Waals surface area (Å²) in [5, 5.41) is 0. The Kier molecular flexibility index (Phi) is 10.9.